The molecule has 5 fully saturated rings. The third-order valence-corrected chi connectivity index (χ3v) is 13.0. The maximum atomic E-state index is 13.4. The molecule has 3 saturated carbocycles. The van der Waals surface area contributed by atoms with Crippen molar-refractivity contribution in [3.8, 4) is 0 Å². The van der Waals surface area contributed by atoms with E-state index in [9.17, 15) is 4.79 Å². The van der Waals surface area contributed by atoms with Crippen molar-refractivity contribution < 1.29 is 14.3 Å². The van der Waals surface area contributed by atoms with Crippen LogP contribution in [0.1, 0.15) is 97.0 Å². The fourth-order valence-electron chi connectivity index (χ4n) is 10.8. The summed E-state index contributed by atoms with van der Waals surface area (Å²) in [6.45, 7) is 8.52. The van der Waals surface area contributed by atoms with E-state index in [4.69, 9.17) is 15.2 Å². The molecule has 1 amide bonds. The molecular formula is C35H50N2O3. The molecule has 9 unspecified atom stereocenters. The highest BCUT2D eigenvalue weighted by Crippen LogP contribution is 2.65. The van der Waals surface area contributed by atoms with E-state index in [2.05, 4.69) is 20.8 Å². The van der Waals surface area contributed by atoms with Crippen LogP contribution in [0.3, 0.4) is 0 Å². The minimum absolute atomic E-state index is 0.112. The van der Waals surface area contributed by atoms with Crippen molar-refractivity contribution in [2.45, 2.75) is 122 Å². The smallest absolute Gasteiger partial charge is 0.410 e. The van der Waals surface area contributed by atoms with Crippen LogP contribution in [0.5, 0.6) is 0 Å². The number of benzene rings is 1. The minimum atomic E-state index is -0.174. The number of rotatable bonds is 2. The molecule has 40 heavy (non-hydrogen) atoms. The van der Waals surface area contributed by atoms with Gasteiger partial charge in [0.1, 0.15) is 6.61 Å². The molecule has 7 rings (SSSR count). The van der Waals surface area contributed by atoms with Gasteiger partial charge in [-0.1, -0.05) is 55.3 Å². The molecule has 5 nitrogen and oxygen atoms in total. The highest BCUT2D eigenvalue weighted by Gasteiger charge is 2.60. The number of fused-ring (bicyclic) bond motifs is 6. The van der Waals surface area contributed by atoms with Gasteiger partial charge in [-0.3, -0.25) is 0 Å². The molecule has 4 aliphatic carbocycles. The van der Waals surface area contributed by atoms with Gasteiger partial charge in [0.25, 0.3) is 0 Å². The molecule has 0 bridgehead atoms. The second-order valence-electron chi connectivity index (χ2n) is 14.8. The van der Waals surface area contributed by atoms with E-state index in [-0.39, 0.29) is 23.8 Å². The number of carbonyl (C=O) groups excluding carboxylic acids is 1. The van der Waals surface area contributed by atoms with Crippen LogP contribution in [0, 0.1) is 35.0 Å². The van der Waals surface area contributed by atoms with Crippen molar-refractivity contribution in [3.05, 3.63) is 47.0 Å². The van der Waals surface area contributed by atoms with Gasteiger partial charge >= 0.3 is 6.09 Å². The Labute approximate surface area is 241 Å². The van der Waals surface area contributed by atoms with Crippen LogP contribution in [-0.4, -0.2) is 41.3 Å². The molecule has 0 radical (unpaired) electrons. The first-order valence-corrected chi connectivity index (χ1v) is 16.4. The van der Waals surface area contributed by atoms with E-state index < -0.39 is 0 Å². The maximum Gasteiger partial charge on any atom is 0.410 e. The Morgan fingerprint density at radius 3 is 2.77 bits per heavy atom. The summed E-state index contributed by atoms with van der Waals surface area (Å²) in [5.41, 5.74) is 11.2. The highest BCUT2D eigenvalue weighted by molar-refractivity contribution is 5.68. The normalized spacial score (nSPS) is 44.5. The molecule has 2 heterocycles. The summed E-state index contributed by atoms with van der Waals surface area (Å²) >= 11 is 0. The zero-order valence-corrected chi connectivity index (χ0v) is 24.9. The van der Waals surface area contributed by atoms with Crippen LogP contribution in [-0.2, 0) is 16.1 Å². The average Bonchev–Trinajstić information content (AvgIpc) is 3.43. The van der Waals surface area contributed by atoms with Crippen molar-refractivity contribution in [3.63, 3.8) is 0 Å². The number of ether oxygens (including phenoxy) is 2. The number of piperidine rings is 1. The summed E-state index contributed by atoms with van der Waals surface area (Å²) in [6, 6.07) is 10.5. The zero-order valence-electron chi connectivity index (χ0n) is 24.9. The second-order valence-corrected chi connectivity index (χ2v) is 14.8. The molecule has 218 valence electrons. The fourth-order valence-corrected chi connectivity index (χ4v) is 10.8. The maximum absolute atomic E-state index is 13.4. The quantitative estimate of drug-likeness (QED) is 0.397. The summed E-state index contributed by atoms with van der Waals surface area (Å²) in [5.74, 6) is 3.52. The van der Waals surface area contributed by atoms with Crippen LogP contribution >= 0.6 is 0 Å². The minimum Gasteiger partial charge on any atom is -0.445 e. The predicted octanol–water partition coefficient (Wildman–Crippen LogP) is 7.24. The van der Waals surface area contributed by atoms with Crippen molar-refractivity contribution in [1.29, 1.82) is 0 Å². The molecule has 5 heteroatoms. The van der Waals surface area contributed by atoms with E-state index in [0.29, 0.717) is 24.0 Å². The summed E-state index contributed by atoms with van der Waals surface area (Å²) in [5, 5.41) is 0. The molecule has 1 spiro atoms. The third kappa shape index (κ3) is 4.28. The van der Waals surface area contributed by atoms with Crippen molar-refractivity contribution >= 4 is 6.09 Å². The van der Waals surface area contributed by atoms with Crippen molar-refractivity contribution in [2.24, 2.45) is 40.7 Å². The fraction of sp³-hybridized carbons (Fsp3) is 0.743. The van der Waals surface area contributed by atoms with E-state index in [1.165, 1.54) is 44.9 Å². The predicted molar refractivity (Wildman–Crippen MR) is 157 cm³/mol. The summed E-state index contributed by atoms with van der Waals surface area (Å²) in [4.78, 5) is 15.4. The largest absolute Gasteiger partial charge is 0.445 e. The Balaban J connectivity index is 1.09. The number of carbonyl (C=O) groups is 1. The molecule has 2 saturated heterocycles. The number of allylic oxidation sites excluding steroid dienone is 1. The summed E-state index contributed by atoms with van der Waals surface area (Å²) in [7, 11) is 0. The Hall–Kier alpha value is -1.85. The number of nitrogens with zero attached hydrogens (tertiary/aromatic N) is 1. The van der Waals surface area contributed by atoms with E-state index in [1.54, 1.807) is 11.1 Å². The lowest BCUT2D eigenvalue weighted by molar-refractivity contribution is -0.0748. The second kappa shape index (κ2) is 10.2. The summed E-state index contributed by atoms with van der Waals surface area (Å²) in [6.07, 6.45) is 13.2. The van der Waals surface area contributed by atoms with Gasteiger partial charge in [-0.15, -0.1) is 0 Å². The van der Waals surface area contributed by atoms with E-state index in [1.807, 2.05) is 35.2 Å². The van der Waals surface area contributed by atoms with E-state index >= 15 is 0 Å². The Morgan fingerprint density at radius 1 is 1.12 bits per heavy atom. The van der Waals surface area contributed by atoms with Crippen LogP contribution in [0.25, 0.3) is 0 Å². The lowest BCUT2D eigenvalue weighted by Crippen LogP contribution is -2.52. The van der Waals surface area contributed by atoms with Crippen LogP contribution in [0.2, 0.25) is 0 Å². The monoisotopic (exact) mass is 546 g/mol. The molecular weight excluding hydrogens is 496 g/mol. The standard InChI is InChI=1S/C35H50N2O3/c1-22-20-35(16-14-27-28-12-11-25-18-26(36)13-15-34(25,3)30(28)19-29(22)27)23(2)32-31(40-35)10-7-17-37(32)33(38)39-21-24-8-5-4-6-9-24/h4-6,8-9,23,25-28,30-32H,7,10-21,36H2,1-3H3/t23?,25?,26-,27?,28?,30?,31?,32?,34?,35?/m1/s1. The van der Waals surface area contributed by atoms with Crippen LogP contribution < -0.4 is 5.73 Å². The third-order valence-electron chi connectivity index (χ3n) is 13.0. The van der Waals surface area contributed by atoms with Gasteiger partial charge in [-0.2, -0.15) is 0 Å². The Morgan fingerprint density at radius 2 is 1.95 bits per heavy atom. The van der Waals surface area contributed by atoms with Gasteiger partial charge < -0.3 is 20.1 Å². The van der Waals surface area contributed by atoms with Gasteiger partial charge in [0.2, 0.25) is 0 Å². The highest BCUT2D eigenvalue weighted by atomic mass is 16.6. The van der Waals surface area contributed by atoms with Gasteiger partial charge in [-0.05, 0) is 112 Å². The van der Waals surface area contributed by atoms with E-state index in [0.717, 1.165) is 61.5 Å². The van der Waals surface area contributed by atoms with Crippen LogP contribution in [0.4, 0.5) is 4.79 Å². The number of nitrogens with two attached hydrogens (primary N) is 1. The lowest BCUT2D eigenvalue weighted by Gasteiger charge is -2.54. The first-order chi connectivity index (χ1) is 19.3. The molecule has 1 aromatic carbocycles. The SMILES string of the molecule is CC1=C2CC3C(CCC4C[C@H](N)CCC43C)C2CCC2(C1)OC1CCCN(C(=O)OCc3ccccc3)C1C2C. The molecule has 2 N–H and O–H groups in total. The topological polar surface area (TPSA) is 64.8 Å². The molecule has 1 aromatic rings. The van der Waals surface area contributed by atoms with Crippen molar-refractivity contribution in [1.82, 2.24) is 4.90 Å². The number of hydrogen-bond donors (Lipinski definition) is 1. The molecule has 10 atom stereocenters. The number of amides is 1. The summed E-state index contributed by atoms with van der Waals surface area (Å²) < 4.78 is 13.0. The number of hydrogen-bond acceptors (Lipinski definition) is 4. The van der Waals surface area contributed by atoms with Crippen LogP contribution in [0.15, 0.2) is 41.5 Å². The van der Waals surface area contributed by atoms with Gasteiger partial charge in [0, 0.05) is 18.5 Å². The zero-order chi connectivity index (χ0) is 27.6. The van der Waals surface area contributed by atoms with Gasteiger partial charge in [0.05, 0.1) is 17.7 Å². The van der Waals surface area contributed by atoms with Gasteiger partial charge in [0.15, 0.2) is 0 Å². The van der Waals surface area contributed by atoms with Gasteiger partial charge in [-0.25, -0.2) is 4.79 Å². The molecule has 0 aromatic heterocycles. The molecule has 2 aliphatic heterocycles. The molecule has 6 aliphatic rings. The lowest BCUT2D eigenvalue weighted by atomic mass is 9.52. The average molecular weight is 547 g/mol. The number of likely N-dealkylation sites (tertiary alicyclic amines) is 1. The Bertz CT molecular complexity index is 1150. The van der Waals surface area contributed by atoms with Crippen molar-refractivity contribution in [2.75, 3.05) is 6.54 Å². The first-order valence-electron chi connectivity index (χ1n) is 16.4. The Kier molecular flexibility index (Phi) is 6.86. The first kappa shape index (κ1) is 27.0.